The van der Waals surface area contributed by atoms with Gasteiger partial charge < -0.3 is 24.3 Å². The highest BCUT2D eigenvalue weighted by Gasteiger charge is 2.21. The molecule has 0 radical (unpaired) electrons. The number of hydrogen-bond acceptors (Lipinski definition) is 6. The van der Waals surface area contributed by atoms with Gasteiger partial charge in [-0.25, -0.2) is 4.79 Å². The molecule has 2 aromatic carbocycles. The van der Waals surface area contributed by atoms with Crippen LogP contribution in [0.2, 0.25) is 0 Å². The molecular weight excluding hydrogens is 350 g/mol. The summed E-state index contributed by atoms with van der Waals surface area (Å²) >= 11 is 0. The molecule has 1 aliphatic rings. The predicted molar refractivity (Wildman–Crippen MR) is 97.2 cm³/mol. The third-order valence-electron chi connectivity index (χ3n) is 4.06. The number of carbonyl (C=O) groups is 2. The van der Waals surface area contributed by atoms with Gasteiger partial charge in [0.2, 0.25) is 0 Å². The van der Waals surface area contributed by atoms with Crippen molar-refractivity contribution < 1.29 is 28.5 Å². The maximum absolute atomic E-state index is 12.3. The van der Waals surface area contributed by atoms with Crippen LogP contribution in [-0.4, -0.2) is 38.3 Å². The number of benzene rings is 2. The Morgan fingerprint density at radius 2 is 1.78 bits per heavy atom. The van der Waals surface area contributed by atoms with E-state index in [4.69, 9.17) is 18.9 Å². The molecule has 1 N–H and O–H groups in total. The van der Waals surface area contributed by atoms with E-state index in [2.05, 4.69) is 5.32 Å². The summed E-state index contributed by atoms with van der Waals surface area (Å²) in [6, 6.07) is 12.1. The van der Waals surface area contributed by atoms with Crippen molar-refractivity contribution in [3.63, 3.8) is 0 Å². The summed E-state index contributed by atoms with van der Waals surface area (Å²) in [7, 11) is 1.59. The summed E-state index contributed by atoms with van der Waals surface area (Å²) in [5.41, 5.74) is 1.21. The largest absolute Gasteiger partial charge is 0.497 e. The third-order valence-corrected chi connectivity index (χ3v) is 4.06. The highest BCUT2D eigenvalue weighted by Crippen LogP contribution is 2.31. The molecule has 2 aromatic rings. The summed E-state index contributed by atoms with van der Waals surface area (Å²) in [6.07, 6.45) is -0.927. The first kappa shape index (κ1) is 18.6. The lowest BCUT2D eigenvalue weighted by molar-refractivity contribution is -0.129. The van der Waals surface area contributed by atoms with Crippen LogP contribution >= 0.6 is 0 Å². The van der Waals surface area contributed by atoms with Crippen molar-refractivity contribution in [3.05, 3.63) is 53.6 Å². The zero-order valence-corrected chi connectivity index (χ0v) is 15.2. The first-order valence-corrected chi connectivity index (χ1v) is 8.58. The molecule has 1 atom stereocenters. The Balaban J connectivity index is 1.53. The van der Waals surface area contributed by atoms with Gasteiger partial charge in [-0.1, -0.05) is 12.1 Å². The number of carbonyl (C=O) groups excluding carboxylic acids is 2. The Morgan fingerprint density at radius 3 is 2.48 bits per heavy atom. The number of amides is 1. The van der Waals surface area contributed by atoms with E-state index in [1.54, 1.807) is 25.3 Å². The quantitative estimate of drug-likeness (QED) is 0.785. The van der Waals surface area contributed by atoms with E-state index >= 15 is 0 Å². The molecule has 1 amide bonds. The molecule has 0 saturated carbocycles. The smallest absolute Gasteiger partial charge is 0.339 e. The molecule has 27 heavy (non-hydrogen) atoms. The van der Waals surface area contributed by atoms with E-state index in [9.17, 15) is 9.59 Å². The van der Waals surface area contributed by atoms with Crippen LogP contribution in [0.15, 0.2) is 42.5 Å². The Morgan fingerprint density at radius 1 is 1.07 bits per heavy atom. The topological polar surface area (TPSA) is 83.1 Å². The molecule has 0 aliphatic carbocycles. The average Bonchev–Trinajstić information content (AvgIpc) is 2.71. The molecule has 0 saturated heterocycles. The van der Waals surface area contributed by atoms with Crippen LogP contribution in [0.5, 0.6) is 17.2 Å². The lowest BCUT2D eigenvalue weighted by atomic mass is 10.2. The molecule has 3 rings (SSSR count). The summed E-state index contributed by atoms with van der Waals surface area (Å²) in [6.45, 7) is 2.76. The van der Waals surface area contributed by atoms with Crippen LogP contribution in [-0.2, 0) is 16.1 Å². The van der Waals surface area contributed by atoms with Gasteiger partial charge in [-0.3, -0.25) is 4.79 Å². The van der Waals surface area contributed by atoms with Crippen molar-refractivity contribution in [3.8, 4) is 17.2 Å². The van der Waals surface area contributed by atoms with Gasteiger partial charge in [0.05, 0.1) is 12.7 Å². The minimum atomic E-state index is -0.927. The molecule has 0 aromatic heterocycles. The van der Waals surface area contributed by atoms with Crippen molar-refractivity contribution in [2.45, 2.75) is 19.6 Å². The molecule has 7 nitrogen and oxygen atoms in total. The Kier molecular flexibility index (Phi) is 5.80. The molecule has 0 unspecified atom stereocenters. The SMILES string of the molecule is COc1ccc(CNC(=O)[C@H](C)OC(=O)c2ccc3c(c2)OCCO3)cc1. The van der Waals surface area contributed by atoms with E-state index in [0.29, 0.717) is 36.8 Å². The summed E-state index contributed by atoms with van der Waals surface area (Å²) in [5.74, 6) is 0.845. The van der Waals surface area contributed by atoms with Gasteiger partial charge in [-0.15, -0.1) is 0 Å². The molecular formula is C20H21NO6. The van der Waals surface area contributed by atoms with E-state index in [1.165, 1.54) is 6.92 Å². The minimum absolute atomic E-state index is 0.300. The minimum Gasteiger partial charge on any atom is -0.497 e. The lowest BCUT2D eigenvalue weighted by Crippen LogP contribution is -2.35. The fourth-order valence-electron chi connectivity index (χ4n) is 2.53. The standard InChI is InChI=1S/C20H21NO6/c1-13(19(22)21-12-14-3-6-16(24-2)7-4-14)27-20(23)15-5-8-17-18(11-15)26-10-9-25-17/h3-8,11,13H,9-10,12H2,1-2H3,(H,21,22)/t13-/m0/s1. The number of rotatable bonds is 6. The van der Waals surface area contributed by atoms with Gasteiger partial charge in [0, 0.05) is 6.54 Å². The number of ether oxygens (including phenoxy) is 4. The molecule has 1 aliphatic heterocycles. The maximum Gasteiger partial charge on any atom is 0.339 e. The monoisotopic (exact) mass is 371 g/mol. The zero-order valence-electron chi connectivity index (χ0n) is 15.2. The van der Waals surface area contributed by atoms with E-state index in [0.717, 1.165) is 11.3 Å². The van der Waals surface area contributed by atoms with Crippen LogP contribution in [0.1, 0.15) is 22.8 Å². The molecule has 7 heteroatoms. The Labute approximate surface area is 157 Å². The van der Waals surface area contributed by atoms with Crippen LogP contribution in [0.3, 0.4) is 0 Å². The number of nitrogens with one attached hydrogen (secondary N) is 1. The predicted octanol–water partition coefficient (Wildman–Crippen LogP) is 2.33. The molecule has 0 spiro atoms. The first-order chi connectivity index (χ1) is 13.1. The second-order valence-corrected chi connectivity index (χ2v) is 5.97. The lowest BCUT2D eigenvalue weighted by Gasteiger charge is -2.19. The molecule has 142 valence electrons. The van der Waals surface area contributed by atoms with Crippen molar-refractivity contribution in [1.82, 2.24) is 5.32 Å². The number of methoxy groups -OCH3 is 1. The second kappa shape index (κ2) is 8.44. The fraction of sp³-hybridized carbons (Fsp3) is 0.300. The van der Waals surface area contributed by atoms with Crippen molar-refractivity contribution >= 4 is 11.9 Å². The van der Waals surface area contributed by atoms with Crippen LogP contribution < -0.4 is 19.5 Å². The van der Waals surface area contributed by atoms with Crippen LogP contribution in [0, 0.1) is 0 Å². The molecule has 0 bridgehead atoms. The number of fused-ring (bicyclic) bond motifs is 1. The highest BCUT2D eigenvalue weighted by molar-refractivity contribution is 5.92. The van der Waals surface area contributed by atoms with Gasteiger partial charge >= 0.3 is 5.97 Å². The summed E-state index contributed by atoms with van der Waals surface area (Å²) in [5, 5.41) is 2.74. The molecule has 1 heterocycles. The summed E-state index contributed by atoms with van der Waals surface area (Å²) in [4.78, 5) is 24.5. The Bertz CT molecular complexity index is 818. The van der Waals surface area contributed by atoms with Crippen molar-refractivity contribution in [2.75, 3.05) is 20.3 Å². The van der Waals surface area contributed by atoms with Crippen molar-refractivity contribution in [2.24, 2.45) is 0 Å². The van der Waals surface area contributed by atoms with Gasteiger partial charge in [0.15, 0.2) is 17.6 Å². The van der Waals surface area contributed by atoms with Crippen LogP contribution in [0.25, 0.3) is 0 Å². The first-order valence-electron chi connectivity index (χ1n) is 8.58. The maximum atomic E-state index is 12.3. The second-order valence-electron chi connectivity index (χ2n) is 5.97. The zero-order chi connectivity index (χ0) is 19.2. The van der Waals surface area contributed by atoms with Gasteiger partial charge in [-0.2, -0.15) is 0 Å². The number of esters is 1. The Hall–Kier alpha value is -3.22. The fourth-order valence-corrected chi connectivity index (χ4v) is 2.53. The van der Waals surface area contributed by atoms with Crippen molar-refractivity contribution in [1.29, 1.82) is 0 Å². The van der Waals surface area contributed by atoms with Gasteiger partial charge in [0.25, 0.3) is 5.91 Å². The third kappa shape index (κ3) is 4.69. The number of hydrogen-bond donors (Lipinski definition) is 1. The van der Waals surface area contributed by atoms with E-state index in [1.807, 2.05) is 24.3 Å². The highest BCUT2D eigenvalue weighted by atomic mass is 16.6. The average molecular weight is 371 g/mol. The van der Waals surface area contributed by atoms with Gasteiger partial charge in [0.1, 0.15) is 19.0 Å². The molecule has 0 fully saturated rings. The van der Waals surface area contributed by atoms with Gasteiger partial charge in [-0.05, 0) is 42.8 Å². The van der Waals surface area contributed by atoms with Crippen LogP contribution in [0.4, 0.5) is 0 Å². The normalized spacial score (nSPS) is 13.4. The van der Waals surface area contributed by atoms with E-state index < -0.39 is 12.1 Å². The van der Waals surface area contributed by atoms with E-state index in [-0.39, 0.29) is 5.91 Å². The summed E-state index contributed by atoms with van der Waals surface area (Å²) < 4.78 is 21.2.